The van der Waals surface area contributed by atoms with Crippen LogP contribution in [0, 0.1) is 0 Å². The number of carboxylic acids is 1. The van der Waals surface area contributed by atoms with Crippen LogP contribution in [0.4, 0.5) is 0 Å². The molecule has 0 aromatic carbocycles. The monoisotopic (exact) mass is 207 g/mol. The van der Waals surface area contributed by atoms with Gasteiger partial charge in [-0.3, -0.25) is 4.79 Å². The van der Waals surface area contributed by atoms with Crippen LogP contribution in [-0.4, -0.2) is 16.1 Å². The number of hydrogen-bond donors (Lipinski definition) is 2. The van der Waals surface area contributed by atoms with E-state index in [1.165, 1.54) is 24.1 Å². The van der Waals surface area contributed by atoms with E-state index < -0.39 is 5.97 Å². The van der Waals surface area contributed by atoms with Crippen molar-refractivity contribution in [2.75, 3.05) is 0 Å². The number of aromatic amines is 1. The summed E-state index contributed by atoms with van der Waals surface area (Å²) in [5, 5.41) is 8.73. The van der Waals surface area contributed by atoms with Gasteiger partial charge in [0.25, 0.3) is 0 Å². The van der Waals surface area contributed by atoms with Gasteiger partial charge < -0.3 is 10.1 Å². The molecule has 2 N–H and O–H groups in total. The van der Waals surface area contributed by atoms with E-state index in [1.54, 1.807) is 0 Å². The zero-order valence-corrected chi connectivity index (χ0v) is 9.05. The predicted molar refractivity (Wildman–Crippen MR) is 58.1 cm³/mol. The summed E-state index contributed by atoms with van der Waals surface area (Å²) in [4.78, 5) is 14.0. The molecule has 0 amide bonds. The minimum Gasteiger partial charge on any atom is -0.481 e. The van der Waals surface area contributed by atoms with E-state index in [0.29, 0.717) is 0 Å². The second kappa shape index (κ2) is 4.09. The molecule has 0 aliphatic heterocycles. The molecule has 0 spiro atoms. The van der Waals surface area contributed by atoms with Crippen molar-refractivity contribution < 1.29 is 9.90 Å². The van der Waals surface area contributed by atoms with Crippen molar-refractivity contribution in [3.63, 3.8) is 0 Å². The van der Waals surface area contributed by atoms with Crippen molar-refractivity contribution in [1.29, 1.82) is 0 Å². The molecule has 1 unspecified atom stereocenters. The van der Waals surface area contributed by atoms with E-state index in [-0.39, 0.29) is 12.3 Å². The average molecular weight is 207 g/mol. The number of fused-ring (bicyclic) bond motifs is 1. The second-order valence-corrected chi connectivity index (χ2v) is 4.43. The number of carbonyl (C=O) groups is 1. The number of aryl methyl sites for hydroxylation is 2. The lowest BCUT2D eigenvalue weighted by atomic mass is 9.97. The minimum atomic E-state index is -0.727. The van der Waals surface area contributed by atoms with E-state index in [4.69, 9.17) is 5.11 Å². The van der Waals surface area contributed by atoms with Crippen LogP contribution in [0.3, 0.4) is 0 Å². The molecule has 2 rings (SSSR count). The van der Waals surface area contributed by atoms with Gasteiger partial charge >= 0.3 is 5.97 Å². The maximum absolute atomic E-state index is 10.6. The molecule has 1 aliphatic rings. The number of rotatable bonds is 3. The Morgan fingerprint density at radius 1 is 1.53 bits per heavy atom. The molecule has 1 aromatic rings. The molecular weight excluding hydrogens is 190 g/mol. The number of hydrogen-bond acceptors (Lipinski definition) is 1. The van der Waals surface area contributed by atoms with Crippen molar-refractivity contribution in [2.24, 2.45) is 0 Å². The third-order valence-electron chi connectivity index (χ3n) is 3.15. The number of carboxylic acid groups (broad SMARTS) is 1. The molecule has 82 valence electrons. The summed E-state index contributed by atoms with van der Waals surface area (Å²) >= 11 is 0. The van der Waals surface area contributed by atoms with Crippen LogP contribution in [-0.2, 0) is 17.6 Å². The zero-order valence-electron chi connectivity index (χ0n) is 9.05. The third kappa shape index (κ3) is 2.22. The number of H-pyrrole nitrogens is 1. The number of aromatic nitrogens is 1. The smallest absolute Gasteiger partial charge is 0.304 e. The van der Waals surface area contributed by atoms with Crippen LogP contribution < -0.4 is 0 Å². The first kappa shape index (κ1) is 10.3. The normalized spacial score (nSPS) is 17.1. The van der Waals surface area contributed by atoms with Gasteiger partial charge in [-0.15, -0.1) is 0 Å². The maximum atomic E-state index is 10.6. The van der Waals surface area contributed by atoms with Crippen molar-refractivity contribution in [3.8, 4) is 0 Å². The lowest BCUT2D eigenvalue weighted by Crippen LogP contribution is -2.03. The molecule has 0 radical (unpaired) electrons. The first-order valence-corrected chi connectivity index (χ1v) is 5.59. The Bertz CT molecular complexity index is 344. The van der Waals surface area contributed by atoms with Gasteiger partial charge in [0.05, 0.1) is 6.42 Å². The molecule has 3 heteroatoms. The quantitative estimate of drug-likeness (QED) is 0.800. The Morgan fingerprint density at radius 3 is 2.93 bits per heavy atom. The molecule has 1 heterocycles. The van der Waals surface area contributed by atoms with Crippen molar-refractivity contribution in [3.05, 3.63) is 23.0 Å². The highest BCUT2D eigenvalue weighted by Gasteiger charge is 2.17. The lowest BCUT2D eigenvalue weighted by molar-refractivity contribution is -0.137. The number of aliphatic carboxylic acids is 1. The molecule has 1 aromatic heterocycles. The van der Waals surface area contributed by atoms with E-state index in [2.05, 4.69) is 11.1 Å². The summed E-state index contributed by atoms with van der Waals surface area (Å²) in [6.45, 7) is 1.96. The van der Waals surface area contributed by atoms with Crippen LogP contribution in [0.5, 0.6) is 0 Å². The number of nitrogens with one attached hydrogen (secondary N) is 1. The first-order chi connectivity index (χ1) is 7.16. The Labute approximate surface area is 89.5 Å². The van der Waals surface area contributed by atoms with Crippen molar-refractivity contribution in [2.45, 2.75) is 44.9 Å². The highest BCUT2D eigenvalue weighted by molar-refractivity contribution is 5.67. The average Bonchev–Trinajstić information content (AvgIpc) is 2.59. The van der Waals surface area contributed by atoms with Gasteiger partial charge in [0, 0.05) is 17.3 Å². The molecule has 1 aliphatic carbocycles. The first-order valence-electron chi connectivity index (χ1n) is 5.59. The lowest BCUT2D eigenvalue weighted by Gasteiger charge is -2.09. The highest BCUT2D eigenvalue weighted by Crippen LogP contribution is 2.26. The van der Waals surface area contributed by atoms with Gasteiger partial charge in [-0.05, 0) is 37.3 Å². The van der Waals surface area contributed by atoms with Crippen LogP contribution in [0.25, 0.3) is 0 Å². The summed E-state index contributed by atoms with van der Waals surface area (Å²) in [5.74, 6) is -0.636. The molecule has 15 heavy (non-hydrogen) atoms. The fourth-order valence-electron chi connectivity index (χ4n) is 2.27. The Morgan fingerprint density at radius 2 is 2.27 bits per heavy atom. The van der Waals surface area contributed by atoms with Gasteiger partial charge in [0.1, 0.15) is 0 Å². The Hall–Kier alpha value is -1.25. The largest absolute Gasteiger partial charge is 0.481 e. The van der Waals surface area contributed by atoms with E-state index in [0.717, 1.165) is 18.5 Å². The second-order valence-electron chi connectivity index (χ2n) is 4.43. The van der Waals surface area contributed by atoms with Crippen LogP contribution in [0.15, 0.2) is 6.07 Å². The molecule has 0 fully saturated rings. The molecule has 3 nitrogen and oxygen atoms in total. The predicted octanol–water partition coefficient (Wildman–Crippen LogP) is 2.47. The highest BCUT2D eigenvalue weighted by atomic mass is 16.4. The van der Waals surface area contributed by atoms with Crippen molar-refractivity contribution >= 4 is 5.97 Å². The van der Waals surface area contributed by atoms with Gasteiger partial charge in [0.2, 0.25) is 0 Å². The Balaban J connectivity index is 2.15. The summed E-state index contributed by atoms with van der Waals surface area (Å²) in [6.07, 6.45) is 4.98. The van der Waals surface area contributed by atoms with Crippen LogP contribution in [0.2, 0.25) is 0 Å². The van der Waals surface area contributed by atoms with Crippen molar-refractivity contribution in [1.82, 2.24) is 4.98 Å². The molecule has 0 saturated carbocycles. The summed E-state index contributed by atoms with van der Waals surface area (Å²) in [6, 6.07) is 2.15. The van der Waals surface area contributed by atoms with Gasteiger partial charge in [-0.2, -0.15) is 0 Å². The maximum Gasteiger partial charge on any atom is 0.304 e. The molecule has 1 atom stereocenters. The summed E-state index contributed by atoms with van der Waals surface area (Å²) in [5.41, 5.74) is 3.81. The van der Waals surface area contributed by atoms with Gasteiger partial charge in [-0.1, -0.05) is 6.92 Å². The molecular formula is C12H17NO2. The van der Waals surface area contributed by atoms with E-state index in [9.17, 15) is 4.79 Å². The standard InChI is InChI=1S/C12H17NO2/c1-8(6-12(14)15)11-7-9-4-2-3-5-10(9)13-11/h7-8,13H,2-6H2,1H3,(H,14,15). The van der Waals surface area contributed by atoms with E-state index in [1.807, 2.05) is 6.92 Å². The zero-order chi connectivity index (χ0) is 10.8. The van der Waals surface area contributed by atoms with E-state index >= 15 is 0 Å². The van der Waals surface area contributed by atoms with Gasteiger partial charge in [-0.25, -0.2) is 0 Å². The Kier molecular flexibility index (Phi) is 2.80. The van der Waals surface area contributed by atoms with Crippen LogP contribution in [0.1, 0.15) is 49.1 Å². The SMILES string of the molecule is CC(CC(=O)O)c1cc2c([nH]1)CCCC2. The minimum absolute atomic E-state index is 0.0908. The fourth-order valence-corrected chi connectivity index (χ4v) is 2.27. The summed E-state index contributed by atoms with van der Waals surface area (Å²) in [7, 11) is 0. The molecule has 0 bridgehead atoms. The fraction of sp³-hybridized carbons (Fsp3) is 0.583. The van der Waals surface area contributed by atoms with Gasteiger partial charge in [0.15, 0.2) is 0 Å². The topological polar surface area (TPSA) is 53.1 Å². The third-order valence-corrected chi connectivity index (χ3v) is 3.15. The molecule has 0 saturated heterocycles. The van der Waals surface area contributed by atoms with Crippen LogP contribution >= 0.6 is 0 Å². The summed E-state index contributed by atoms with van der Waals surface area (Å²) < 4.78 is 0.